The molecule has 3 nitrogen and oxygen atoms in total. The van der Waals surface area contributed by atoms with Crippen molar-refractivity contribution in [1.29, 1.82) is 0 Å². The molecule has 0 aliphatic carbocycles. The first-order valence-electron chi connectivity index (χ1n) is 6.15. The SMILES string of the molecule is [B][C@H]1[CH-][C@@H](O)[C@@H](CO[Si](CC)(CC)CC)O1.[Y]. The van der Waals surface area contributed by atoms with E-state index in [-0.39, 0.29) is 38.8 Å². The Balaban J connectivity index is 0.00000256. The quantitative estimate of drug-likeness (QED) is 0.592. The number of aliphatic hydroxyl groups is 1. The predicted octanol–water partition coefficient (Wildman–Crippen LogP) is 1.46. The first-order valence-corrected chi connectivity index (χ1v) is 8.68. The van der Waals surface area contributed by atoms with Crippen LogP contribution in [0.15, 0.2) is 0 Å². The van der Waals surface area contributed by atoms with E-state index in [1.807, 2.05) is 0 Å². The summed E-state index contributed by atoms with van der Waals surface area (Å²) in [4.78, 5) is 0. The molecule has 0 saturated carbocycles. The number of rotatable bonds is 6. The van der Waals surface area contributed by atoms with E-state index >= 15 is 0 Å². The summed E-state index contributed by atoms with van der Waals surface area (Å²) >= 11 is 0. The molecule has 3 radical (unpaired) electrons. The van der Waals surface area contributed by atoms with Crippen LogP contribution in [-0.4, -0.2) is 46.1 Å². The molecule has 3 atom stereocenters. The van der Waals surface area contributed by atoms with Crippen LogP contribution in [0.25, 0.3) is 0 Å². The van der Waals surface area contributed by atoms with Gasteiger partial charge in [0.2, 0.25) is 0 Å². The van der Waals surface area contributed by atoms with Gasteiger partial charge in [-0.25, -0.2) is 0 Å². The molecule has 1 heterocycles. The molecule has 95 valence electrons. The standard InChI is InChI=1S/C11H22BO3Si.Y/c1-4-16(5-2,6-3)14-8-10-9(13)7-11(12)15-10;/h7,9-11,13H,4-6,8H2,1-3H3;/q-1;/t9-,10-,11-;/m1./s1. The summed E-state index contributed by atoms with van der Waals surface area (Å²) in [6, 6.07) is 2.87. The van der Waals surface area contributed by atoms with Gasteiger partial charge in [0.25, 0.3) is 0 Å². The number of hydrogen-bond acceptors (Lipinski definition) is 3. The van der Waals surface area contributed by atoms with Gasteiger partial charge >= 0.3 is 0 Å². The van der Waals surface area contributed by atoms with E-state index in [4.69, 9.17) is 17.0 Å². The minimum atomic E-state index is -1.58. The Bertz CT molecular complexity index is 209. The second-order valence-corrected chi connectivity index (χ2v) is 9.15. The minimum absolute atomic E-state index is 0. The average molecular weight is 330 g/mol. The zero-order chi connectivity index (χ0) is 12.2. The Labute approximate surface area is 132 Å². The molecule has 0 aromatic heterocycles. The molecule has 0 aromatic rings. The van der Waals surface area contributed by atoms with Gasteiger partial charge in [0.15, 0.2) is 8.32 Å². The van der Waals surface area contributed by atoms with Crippen molar-refractivity contribution < 1.29 is 47.0 Å². The van der Waals surface area contributed by atoms with Gasteiger partial charge in [0.05, 0.1) is 20.6 Å². The third-order valence-electron chi connectivity index (χ3n) is 3.59. The largest absolute Gasteiger partial charge is 0.422 e. The van der Waals surface area contributed by atoms with E-state index in [0.717, 1.165) is 18.1 Å². The summed E-state index contributed by atoms with van der Waals surface area (Å²) < 4.78 is 11.4. The molecule has 17 heavy (non-hydrogen) atoms. The van der Waals surface area contributed by atoms with Crippen molar-refractivity contribution in [3.8, 4) is 0 Å². The van der Waals surface area contributed by atoms with Crippen molar-refractivity contribution in [2.24, 2.45) is 0 Å². The van der Waals surface area contributed by atoms with Gasteiger partial charge in [0, 0.05) is 32.7 Å². The summed E-state index contributed by atoms with van der Waals surface area (Å²) in [7, 11) is 3.99. The van der Waals surface area contributed by atoms with Crippen LogP contribution in [0.1, 0.15) is 20.8 Å². The van der Waals surface area contributed by atoms with Crippen molar-refractivity contribution in [2.45, 2.75) is 57.1 Å². The normalized spacial score (nSPS) is 29.1. The summed E-state index contributed by atoms with van der Waals surface area (Å²) in [6.07, 6.45) is 0.736. The van der Waals surface area contributed by atoms with Crippen molar-refractivity contribution >= 4 is 16.2 Å². The van der Waals surface area contributed by atoms with Crippen LogP contribution in [0, 0.1) is 6.42 Å². The molecule has 0 spiro atoms. The van der Waals surface area contributed by atoms with E-state index in [0.29, 0.717) is 6.61 Å². The molecule has 0 unspecified atom stereocenters. The molecular formula is C11H22BO3SiY-. The topological polar surface area (TPSA) is 38.7 Å². The smallest absolute Gasteiger partial charge is 0.192 e. The van der Waals surface area contributed by atoms with Gasteiger partial charge in [-0.3, -0.25) is 6.42 Å². The monoisotopic (exact) mass is 330 g/mol. The molecule has 1 aliphatic heterocycles. The van der Waals surface area contributed by atoms with E-state index < -0.39 is 20.4 Å². The minimum Gasteiger partial charge on any atom is -0.422 e. The van der Waals surface area contributed by atoms with Crippen LogP contribution in [0.4, 0.5) is 0 Å². The second-order valence-electron chi connectivity index (χ2n) is 4.38. The maximum atomic E-state index is 9.65. The Hall–Kier alpha value is 1.27. The maximum Gasteiger partial charge on any atom is 0.192 e. The fourth-order valence-corrected chi connectivity index (χ4v) is 4.73. The Morgan fingerprint density at radius 3 is 2.18 bits per heavy atom. The molecule has 0 aromatic carbocycles. The summed E-state index contributed by atoms with van der Waals surface area (Å²) in [5.41, 5.74) is 0. The van der Waals surface area contributed by atoms with Crippen LogP contribution >= 0.6 is 0 Å². The van der Waals surface area contributed by atoms with Gasteiger partial charge in [-0.05, 0) is 24.2 Å². The zero-order valence-corrected chi connectivity index (χ0v) is 14.9. The predicted molar refractivity (Wildman–Crippen MR) is 67.9 cm³/mol. The van der Waals surface area contributed by atoms with Crippen LogP contribution in [0.5, 0.6) is 0 Å². The number of aliphatic hydroxyl groups excluding tert-OH is 1. The Morgan fingerprint density at radius 2 is 1.82 bits per heavy atom. The molecule has 1 fully saturated rings. The number of ether oxygens (including phenoxy) is 1. The molecule has 1 saturated heterocycles. The van der Waals surface area contributed by atoms with Crippen molar-refractivity contribution in [1.82, 2.24) is 0 Å². The van der Waals surface area contributed by atoms with E-state index in [1.165, 1.54) is 0 Å². The third-order valence-corrected chi connectivity index (χ3v) is 8.23. The van der Waals surface area contributed by atoms with Crippen LogP contribution in [0.3, 0.4) is 0 Å². The van der Waals surface area contributed by atoms with Gasteiger partial charge in [-0.1, -0.05) is 26.8 Å². The summed E-state index contributed by atoms with van der Waals surface area (Å²) in [5.74, 6) is 0. The van der Waals surface area contributed by atoms with Crippen molar-refractivity contribution in [3.63, 3.8) is 0 Å². The van der Waals surface area contributed by atoms with Gasteiger partial charge in [-0.2, -0.15) is 0 Å². The zero-order valence-electron chi connectivity index (χ0n) is 11.1. The molecule has 6 heteroatoms. The van der Waals surface area contributed by atoms with Gasteiger partial charge in [0.1, 0.15) is 0 Å². The molecule has 1 aliphatic rings. The molecule has 1 rings (SSSR count). The Morgan fingerprint density at radius 1 is 1.29 bits per heavy atom. The second kappa shape index (κ2) is 8.44. The van der Waals surface area contributed by atoms with Crippen LogP contribution in [-0.2, 0) is 41.9 Å². The van der Waals surface area contributed by atoms with E-state index in [2.05, 4.69) is 20.8 Å². The van der Waals surface area contributed by atoms with Crippen LogP contribution in [0.2, 0.25) is 18.1 Å². The van der Waals surface area contributed by atoms with Crippen molar-refractivity contribution in [2.75, 3.05) is 6.61 Å². The fourth-order valence-electron chi connectivity index (χ4n) is 2.10. The van der Waals surface area contributed by atoms with E-state index in [1.54, 1.807) is 6.42 Å². The third kappa shape index (κ3) is 5.04. The molecular weight excluding hydrogens is 308 g/mol. The van der Waals surface area contributed by atoms with Crippen LogP contribution < -0.4 is 0 Å². The fraction of sp³-hybridized carbons (Fsp3) is 0.909. The molecule has 0 bridgehead atoms. The average Bonchev–Trinajstić information content (AvgIpc) is 2.60. The molecule has 1 N–H and O–H groups in total. The van der Waals surface area contributed by atoms with Crippen molar-refractivity contribution in [3.05, 3.63) is 6.42 Å². The molecule has 0 amide bonds. The summed E-state index contributed by atoms with van der Waals surface area (Å²) in [6.45, 7) is 7.02. The van der Waals surface area contributed by atoms with E-state index in [9.17, 15) is 5.11 Å². The first kappa shape index (κ1) is 18.3. The van der Waals surface area contributed by atoms with Gasteiger partial charge in [-0.15, -0.1) is 0 Å². The maximum absolute atomic E-state index is 9.65. The first-order chi connectivity index (χ1) is 7.56. The summed E-state index contributed by atoms with van der Waals surface area (Å²) in [5, 5.41) is 9.65. The Kier molecular flexibility index (Phi) is 9.07. The number of hydrogen-bond donors (Lipinski definition) is 1. The van der Waals surface area contributed by atoms with Gasteiger partial charge < -0.3 is 14.3 Å².